The molecule has 1 N–H and O–H groups in total. The standard InChI is InChI=1S/C16H12ClNO2/c17-12-6-7-14-13(8-12)15(19)9-16(20)18(14)10-11-4-2-1-3-5-11/h1-9,19H,10H2. The van der Waals surface area contributed by atoms with Crippen LogP contribution in [0, 0.1) is 0 Å². The molecule has 0 bridgehead atoms. The van der Waals surface area contributed by atoms with Crippen LogP contribution in [0.2, 0.25) is 5.02 Å². The van der Waals surface area contributed by atoms with Crippen LogP contribution in [0.3, 0.4) is 0 Å². The van der Waals surface area contributed by atoms with E-state index in [-0.39, 0.29) is 11.3 Å². The Morgan fingerprint density at radius 2 is 1.80 bits per heavy atom. The summed E-state index contributed by atoms with van der Waals surface area (Å²) < 4.78 is 1.63. The Hall–Kier alpha value is -2.26. The van der Waals surface area contributed by atoms with Crippen molar-refractivity contribution in [2.75, 3.05) is 0 Å². The number of halogens is 1. The highest BCUT2D eigenvalue weighted by molar-refractivity contribution is 6.31. The van der Waals surface area contributed by atoms with E-state index in [4.69, 9.17) is 11.6 Å². The fraction of sp³-hybridized carbons (Fsp3) is 0.0625. The average molecular weight is 286 g/mol. The van der Waals surface area contributed by atoms with Gasteiger partial charge in [-0.05, 0) is 23.8 Å². The van der Waals surface area contributed by atoms with Gasteiger partial charge in [0.2, 0.25) is 0 Å². The van der Waals surface area contributed by atoms with Crippen molar-refractivity contribution < 1.29 is 5.11 Å². The van der Waals surface area contributed by atoms with Gasteiger partial charge in [-0.25, -0.2) is 0 Å². The number of aromatic hydroxyl groups is 1. The lowest BCUT2D eigenvalue weighted by Crippen LogP contribution is -2.20. The summed E-state index contributed by atoms with van der Waals surface area (Å²) in [5.74, 6) is -0.0446. The lowest BCUT2D eigenvalue weighted by Gasteiger charge is -2.11. The highest BCUT2D eigenvalue weighted by Gasteiger charge is 2.09. The third kappa shape index (κ3) is 2.28. The summed E-state index contributed by atoms with van der Waals surface area (Å²) in [6, 6.07) is 16.1. The number of fused-ring (bicyclic) bond motifs is 1. The Kier molecular flexibility index (Phi) is 3.20. The highest BCUT2D eigenvalue weighted by atomic mass is 35.5. The minimum atomic E-state index is -0.235. The van der Waals surface area contributed by atoms with E-state index >= 15 is 0 Å². The van der Waals surface area contributed by atoms with Crippen LogP contribution in [-0.2, 0) is 6.54 Å². The van der Waals surface area contributed by atoms with Crippen molar-refractivity contribution in [1.29, 1.82) is 0 Å². The second kappa shape index (κ2) is 5.02. The first-order chi connectivity index (χ1) is 9.65. The second-order valence-electron chi connectivity index (χ2n) is 4.60. The summed E-state index contributed by atoms with van der Waals surface area (Å²) in [6.07, 6.45) is 0. The second-order valence-corrected chi connectivity index (χ2v) is 5.04. The van der Waals surface area contributed by atoms with Gasteiger partial charge in [0.1, 0.15) is 5.75 Å². The molecule has 0 aliphatic carbocycles. The van der Waals surface area contributed by atoms with Crippen LogP contribution in [0.1, 0.15) is 5.56 Å². The molecule has 0 saturated carbocycles. The van der Waals surface area contributed by atoms with Gasteiger partial charge in [-0.15, -0.1) is 0 Å². The first-order valence-corrected chi connectivity index (χ1v) is 6.59. The van der Waals surface area contributed by atoms with Gasteiger partial charge >= 0.3 is 0 Å². The predicted molar refractivity (Wildman–Crippen MR) is 80.4 cm³/mol. The maximum Gasteiger partial charge on any atom is 0.255 e. The van der Waals surface area contributed by atoms with E-state index in [1.165, 1.54) is 6.07 Å². The van der Waals surface area contributed by atoms with E-state index in [2.05, 4.69) is 0 Å². The van der Waals surface area contributed by atoms with Gasteiger partial charge in [-0.1, -0.05) is 41.9 Å². The van der Waals surface area contributed by atoms with Crippen LogP contribution in [0.4, 0.5) is 0 Å². The zero-order valence-electron chi connectivity index (χ0n) is 10.6. The lowest BCUT2D eigenvalue weighted by atomic mass is 10.1. The Balaban J connectivity index is 2.22. The van der Waals surface area contributed by atoms with Gasteiger partial charge in [0.15, 0.2) is 0 Å². The number of aromatic nitrogens is 1. The quantitative estimate of drug-likeness (QED) is 0.784. The predicted octanol–water partition coefficient (Wildman–Crippen LogP) is 3.41. The van der Waals surface area contributed by atoms with Crippen LogP contribution in [0.5, 0.6) is 5.75 Å². The normalized spacial score (nSPS) is 10.8. The highest BCUT2D eigenvalue weighted by Crippen LogP contribution is 2.26. The number of rotatable bonds is 2. The Morgan fingerprint density at radius 1 is 1.05 bits per heavy atom. The van der Waals surface area contributed by atoms with Crippen LogP contribution >= 0.6 is 11.6 Å². The summed E-state index contributed by atoms with van der Waals surface area (Å²) in [4.78, 5) is 12.1. The molecule has 0 radical (unpaired) electrons. The molecule has 100 valence electrons. The minimum Gasteiger partial charge on any atom is -0.507 e. The number of pyridine rings is 1. The fourth-order valence-corrected chi connectivity index (χ4v) is 2.44. The Labute approximate surface area is 120 Å². The molecule has 20 heavy (non-hydrogen) atoms. The molecular formula is C16H12ClNO2. The minimum absolute atomic E-state index is 0.0446. The number of hydrogen-bond donors (Lipinski definition) is 1. The van der Waals surface area contributed by atoms with Gasteiger partial charge in [0, 0.05) is 16.5 Å². The van der Waals surface area contributed by atoms with Gasteiger partial charge < -0.3 is 9.67 Å². The fourth-order valence-electron chi connectivity index (χ4n) is 2.27. The third-order valence-corrected chi connectivity index (χ3v) is 3.47. The zero-order valence-corrected chi connectivity index (χ0v) is 11.3. The maximum absolute atomic E-state index is 12.1. The van der Waals surface area contributed by atoms with E-state index in [0.29, 0.717) is 22.5 Å². The first kappa shape index (κ1) is 12.8. The smallest absolute Gasteiger partial charge is 0.255 e. The molecule has 3 rings (SSSR count). The molecule has 0 saturated heterocycles. The van der Waals surface area contributed by atoms with Crippen LogP contribution in [-0.4, -0.2) is 9.67 Å². The molecule has 1 aromatic heterocycles. The molecular weight excluding hydrogens is 274 g/mol. The zero-order chi connectivity index (χ0) is 14.1. The number of nitrogens with zero attached hydrogens (tertiary/aromatic N) is 1. The van der Waals surface area contributed by atoms with E-state index < -0.39 is 0 Å². The summed E-state index contributed by atoms with van der Waals surface area (Å²) in [5, 5.41) is 11.0. The number of hydrogen-bond acceptors (Lipinski definition) is 2. The van der Waals surface area contributed by atoms with Crippen molar-refractivity contribution in [2.45, 2.75) is 6.54 Å². The SMILES string of the molecule is O=c1cc(O)c2cc(Cl)ccc2n1Cc1ccccc1. The molecule has 4 heteroatoms. The van der Waals surface area contributed by atoms with Crippen molar-refractivity contribution in [3.63, 3.8) is 0 Å². The van der Waals surface area contributed by atoms with Crippen LogP contribution in [0.15, 0.2) is 59.4 Å². The summed E-state index contributed by atoms with van der Waals surface area (Å²) >= 11 is 5.94. The van der Waals surface area contributed by atoms with Crippen LogP contribution < -0.4 is 5.56 Å². The topological polar surface area (TPSA) is 42.2 Å². The number of benzene rings is 2. The van der Waals surface area contributed by atoms with Gasteiger partial charge in [0.05, 0.1) is 12.1 Å². The lowest BCUT2D eigenvalue weighted by molar-refractivity contribution is 0.479. The van der Waals surface area contributed by atoms with Crippen LogP contribution in [0.25, 0.3) is 10.9 Å². The molecule has 0 aliphatic heterocycles. The molecule has 0 spiro atoms. The monoisotopic (exact) mass is 285 g/mol. The molecule has 0 fully saturated rings. The molecule has 1 heterocycles. The average Bonchev–Trinajstić information content (AvgIpc) is 2.45. The molecule has 0 aliphatic rings. The largest absolute Gasteiger partial charge is 0.507 e. The Morgan fingerprint density at radius 3 is 2.55 bits per heavy atom. The van der Waals surface area contributed by atoms with Crippen molar-refractivity contribution in [1.82, 2.24) is 4.57 Å². The van der Waals surface area contributed by atoms with E-state index in [1.54, 1.807) is 22.8 Å². The van der Waals surface area contributed by atoms with E-state index in [9.17, 15) is 9.90 Å². The van der Waals surface area contributed by atoms with Crippen molar-refractivity contribution in [3.05, 3.63) is 75.5 Å². The third-order valence-electron chi connectivity index (χ3n) is 3.24. The molecule has 2 aromatic carbocycles. The van der Waals surface area contributed by atoms with E-state index in [0.717, 1.165) is 5.56 Å². The van der Waals surface area contributed by atoms with Crippen molar-refractivity contribution >= 4 is 22.5 Å². The Bertz CT molecular complexity index is 825. The molecule has 3 aromatic rings. The van der Waals surface area contributed by atoms with Crippen molar-refractivity contribution in [2.24, 2.45) is 0 Å². The molecule has 3 nitrogen and oxygen atoms in total. The van der Waals surface area contributed by atoms with E-state index in [1.807, 2.05) is 30.3 Å². The molecule has 0 amide bonds. The summed E-state index contributed by atoms with van der Waals surface area (Å²) in [7, 11) is 0. The summed E-state index contributed by atoms with van der Waals surface area (Å²) in [6.45, 7) is 0.456. The van der Waals surface area contributed by atoms with Gasteiger partial charge in [-0.3, -0.25) is 4.79 Å². The van der Waals surface area contributed by atoms with Gasteiger partial charge in [0.25, 0.3) is 5.56 Å². The first-order valence-electron chi connectivity index (χ1n) is 6.21. The molecule has 0 unspecified atom stereocenters. The molecule has 0 atom stereocenters. The maximum atomic E-state index is 12.1. The summed E-state index contributed by atoms with van der Waals surface area (Å²) in [5.41, 5.74) is 1.46. The van der Waals surface area contributed by atoms with Crippen molar-refractivity contribution in [3.8, 4) is 5.75 Å². The van der Waals surface area contributed by atoms with Gasteiger partial charge in [-0.2, -0.15) is 0 Å².